The molecule has 0 amide bonds. The van der Waals surface area contributed by atoms with Crippen molar-refractivity contribution in [1.82, 2.24) is 9.38 Å². The second kappa shape index (κ2) is 5.58. The average molecular weight is 281 g/mol. The lowest BCUT2D eigenvalue weighted by Crippen LogP contribution is -2.19. The molecule has 108 valence electrons. The van der Waals surface area contributed by atoms with Crippen LogP contribution in [0.1, 0.15) is 18.2 Å². The summed E-state index contributed by atoms with van der Waals surface area (Å²) in [5.41, 5.74) is 3.98. The Morgan fingerprint density at radius 3 is 2.62 bits per heavy atom. The molecule has 0 radical (unpaired) electrons. The number of hydrogen-bond acceptors (Lipinski definition) is 3. The number of aliphatic hydroxyl groups excluding tert-OH is 1. The van der Waals surface area contributed by atoms with Crippen molar-refractivity contribution in [2.24, 2.45) is 0 Å². The summed E-state index contributed by atoms with van der Waals surface area (Å²) in [7, 11) is 0. The van der Waals surface area contributed by atoms with Crippen molar-refractivity contribution < 1.29 is 5.11 Å². The third-order valence-corrected chi connectivity index (χ3v) is 3.74. The van der Waals surface area contributed by atoms with Gasteiger partial charge in [0.2, 0.25) is 0 Å². The Morgan fingerprint density at radius 2 is 1.90 bits per heavy atom. The van der Waals surface area contributed by atoms with Gasteiger partial charge in [0.25, 0.3) is 0 Å². The van der Waals surface area contributed by atoms with E-state index in [1.807, 2.05) is 40.9 Å². The second-order valence-electron chi connectivity index (χ2n) is 5.00. The molecule has 0 aliphatic rings. The molecule has 0 saturated heterocycles. The fourth-order valence-corrected chi connectivity index (χ4v) is 2.70. The topological polar surface area (TPSA) is 40.8 Å². The first kappa shape index (κ1) is 13.6. The van der Waals surface area contributed by atoms with Crippen LogP contribution in [-0.4, -0.2) is 21.0 Å². The molecule has 0 unspecified atom stereocenters. The molecule has 2 heterocycles. The molecule has 0 fully saturated rings. The highest BCUT2D eigenvalue weighted by molar-refractivity contribution is 5.68. The fourth-order valence-electron chi connectivity index (χ4n) is 2.70. The summed E-state index contributed by atoms with van der Waals surface area (Å²) in [5, 5.41) is 9.78. The van der Waals surface area contributed by atoms with Crippen molar-refractivity contribution in [3.05, 3.63) is 59.9 Å². The highest BCUT2D eigenvalue weighted by atomic mass is 16.3. The molecule has 0 atom stereocenters. The van der Waals surface area contributed by atoms with Gasteiger partial charge in [0.05, 0.1) is 12.3 Å². The van der Waals surface area contributed by atoms with E-state index in [1.54, 1.807) is 0 Å². The molecule has 4 heteroatoms. The van der Waals surface area contributed by atoms with Crippen LogP contribution in [0.3, 0.4) is 0 Å². The number of nitrogens with zero attached hydrogens (tertiary/aromatic N) is 3. The average Bonchev–Trinajstić information content (AvgIpc) is 2.88. The van der Waals surface area contributed by atoms with Gasteiger partial charge in [0.15, 0.2) is 5.82 Å². The van der Waals surface area contributed by atoms with Gasteiger partial charge in [-0.15, -0.1) is 0 Å². The molecular weight excluding hydrogens is 262 g/mol. The summed E-state index contributed by atoms with van der Waals surface area (Å²) in [4.78, 5) is 6.85. The number of para-hydroxylation sites is 1. The lowest BCUT2D eigenvalue weighted by Gasteiger charge is -2.23. The van der Waals surface area contributed by atoms with Gasteiger partial charge in [-0.25, -0.2) is 4.98 Å². The van der Waals surface area contributed by atoms with E-state index in [1.165, 1.54) is 5.56 Å². The third-order valence-electron chi connectivity index (χ3n) is 3.74. The smallest absolute Gasteiger partial charge is 0.158 e. The minimum Gasteiger partial charge on any atom is -0.390 e. The van der Waals surface area contributed by atoms with Crippen LogP contribution in [-0.2, 0) is 6.61 Å². The molecule has 1 aromatic carbocycles. The van der Waals surface area contributed by atoms with Crippen molar-refractivity contribution in [3.8, 4) is 0 Å². The summed E-state index contributed by atoms with van der Waals surface area (Å²) in [6, 6.07) is 14.1. The molecule has 0 saturated carbocycles. The molecule has 0 aliphatic carbocycles. The highest BCUT2D eigenvalue weighted by Crippen LogP contribution is 2.30. The van der Waals surface area contributed by atoms with Crippen LogP contribution in [0.4, 0.5) is 11.5 Å². The van der Waals surface area contributed by atoms with Crippen LogP contribution in [0.5, 0.6) is 0 Å². The van der Waals surface area contributed by atoms with Crippen LogP contribution in [0.15, 0.2) is 48.7 Å². The number of aliphatic hydroxyl groups is 1. The van der Waals surface area contributed by atoms with Crippen LogP contribution in [0.2, 0.25) is 0 Å². The quantitative estimate of drug-likeness (QED) is 0.797. The van der Waals surface area contributed by atoms with E-state index in [2.05, 4.69) is 30.9 Å². The fraction of sp³-hybridized carbons (Fsp3) is 0.235. The van der Waals surface area contributed by atoms with Gasteiger partial charge in [-0.2, -0.15) is 0 Å². The molecule has 4 nitrogen and oxygen atoms in total. The molecule has 21 heavy (non-hydrogen) atoms. The first-order valence-electron chi connectivity index (χ1n) is 7.16. The number of imidazole rings is 1. The van der Waals surface area contributed by atoms with Gasteiger partial charge in [0, 0.05) is 18.4 Å². The van der Waals surface area contributed by atoms with Crippen LogP contribution >= 0.6 is 0 Å². The number of hydrogen-bond donors (Lipinski definition) is 1. The van der Waals surface area contributed by atoms with E-state index in [0.29, 0.717) is 0 Å². The second-order valence-corrected chi connectivity index (χ2v) is 5.00. The first-order chi connectivity index (χ1) is 10.3. The van der Waals surface area contributed by atoms with E-state index in [-0.39, 0.29) is 6.61 Å². The number of anilines is 2. The van der Waals surface area contributed by atoms with Crippen LogP contribution in [0, 0.1) is 6.92 Å². The molecular formula is C17H19N3O. The van der Waals surface area contributed by atoms with Gasteiger partial charge in [-0.1, -0.05) is 24.3 Å². The summed E-state index contributed by atoms with van der Waals surface area (Å²) >= 11 is 0. The lowest BCUT2D eigenvalue weighted by atomic mass is 10.2. The van der Waals surface area contributed by atoms with Gasteiger partial charge in [-0.3, -0.25) is 4.40 Å². The summed E-state index contributed by atoms with van der Waals surface area (Å²) in [6.07, 6.45) is 1.93. The lowest BCUT2D eigenvalue weighted by molar-refractivity contribution is 0.276. The Labute approximate surface area is 124 Å². The zero-order valence-corrected chi connectivity index (χ0v) is 12.3. The predicted octanol–water partition coefficient (Wildman–Crippen LogP) is 3.29. The summed E-state index contributed by atoms with van der Waals surface area (Å²) in [5.74, 6) is 0.820. The summed E-state index contributed by atoms with van der Waals surface area (Å²) < 4.78 is 1.94. The van der Waals surface area contributed by atoms with E-state index in [9.17, 15) is 5.11 Å². The zero-order chi connectivity index (χ0) is 14.8. The molecule has 2 aromatic heterocycles. The number of aryl methyl sites for hydroxylation is 1. The zero-order valence-electron chi connectivity index (χ0n) is 12.3. The van der Waals surface area contributed by atoms with E-state index < -0.39 is 0 Å². The molecule has 0 spiro atoms. The number of aromatic nitrogens is 2. The molecule has 3 aromatic rings. The van der Waals surface area contributed by atoms with Crippen molar-refractivity contribution in [2.45, 2.75) is 20.5 Å². The van der Waals surface area contributed by atoms with Crippen molar-refractivity contribution in [3.63, 3.8) is 0 Å². The molecule has 3 rings (SSSR count). The minimum atomic E-state index is -0.0388. The number of rotatable bonds is 4. The maximum Gasteiger partial charge on any atom is 0.158 e. The highest BCUT2D eigenvalue weighted by Gasteiger charge is 2.18. The SMILES string of the molecule is CCN(c1ccccc1C)c1nc2ccccn2c1CO. The standard InChI is InChI=1S/C17H19N3O/c1-3-19(14-9-5-4-8-13(14)2)17-15(12-21)20-11-7-6-10-16(20)18-17/h4-11,21H,3,12H2,1-2H3. The Morgan fingerprint density at radius 1 is 1.14 bits per heavy atom. The monoisotopic (exact) mass is 281 g/mol. The Kier molecular flexibility index (Phi) is 3.62. The number of fused-ring (bicyclic) bond motifs is 1. The Balaban J connectivity index is 2.20. The van der Waals surface area contributed by atoms with Crippen molar-refractivity contribution in [1.29, 1.82) is 0 Å². The Hall–Kier alpha value is -2.33. The Bertz CT molecular complexity index is 764. The third kappa shape index (κ3) is 2.28. The maximum absolute atomic E-state index is 9.78. The maximum atomic E-state index is 9.78. The van der Waals surface area contributed by atoms with Crippen LogP contribution in [0.25, 0.3) is 5.65 Å². The van der Waals surface area contributed by atoms with E-state index >= 15 is 0 Å². The predicted molar refractivity (Wildman–Crippen MR) is 85.0 cm³/mol. The first-order valence-corrected chi connectivity index (χ1v) is 7.16. The van der Waals surface area contributed by atoms with Gasteiger partial charge in [-0.05, 0) is 37.6 Å². The van der Waals surface area contributed by atoms with Crippen molar-refractivity contribution >= 4 is 17.2 Å². The molecule has 0 bridgehead atoms. The van der Waals surface area contributed by atoms with Crippen LogP contribution < -0.4 is 4.90 Å². The van der Waals surface area contributed by atoms with E-state index in [4.69, 9.17) is 4.98 Å². The molecule has 1 N–H and O–H groups in total. The normalized spacial score (nSPS) is 11.0. The molecule has 0 aliphatic heterocycles. The van der Waals surface area contributed by atoms with Crippen molar-refractivity contribution in [2.75, 3.05) is 11.4 Å². The van der Waals surface area contributed by atoms with Gasteiger partial charge in [0.1, 0.15) is 5.65 Å². The minimum absolute atomic E-state index is 0.0388. The van der Waals surface area contributed by atoms with E-state index in [0.717, 1.165) is 29.4 Å². The van der Waals surface area contributed by atoms with Gasteiger partial charge < -0.3 is 10.0 Å². The number of benzene rings is 1. The summed E-state index contributed by atoms with van der Waals surface area (Å²) in [6.45, 7) is 4.94. The largest absolute Gasteiger partial charge is 0.390 e. The number of pyridine rings is 1. The van der Waals surface area contributed by atoms with Gasteiger partial charge >= 0.3 is 0 Å².